The maximum atomic E-state index is 11.9. The number of nitrogens with zero attached hydrogens (tertiary/aromatic N) is 2. The summed E-state index contributed by atoms with van der Waals surface area (Å²) in [5.41, 5.74) is 0.793. The van der Waals surface area contributed by atoms with E-state index in [1.807, 2.05) is 12.1 Å². The maximum Gasteiger partial charge on any atom is 0.279 e. The summed E-state index contributed by atoms with van der Waals surface area (Å²) in [5.74, 6) is -0.0501. The molecular weight excluding hydrogens is 222 g/mol. The largest absolute Gasteiger partial charge is 0.363 e. The van der Waals surface area contributed by atoms with Crippen molar-refractivity contribution in [3.8, 4) is 0 Å². The molecule has 6 nitrogen and oxygen atoms in total. The molecule has 1 amide bonds. The number of carbonyl (C=O) groups is 1. The van der Waals surface area contributed by atoms with E-state index in [-0.39, 0.29) is 11.6 Å². The number of hydrogen-bond acceptors (Lipinski definition) is 5. The Morgan fingerprint density at radius 1 is 1.18 bits per heavy atom. The van der Waals surface area contributed by atoms with Gasteiger partial charge >= 0.3 is 0 Å². The number of anilines is 1. The number of carbonyl (C=O) groups excluding carboxylic acids is 1. The molecule has 2 heterocycles. The van der Waals surface area contributed by atoms with Gasteiger partial charge in [-0.3, -0.25) is 4.79 Å². The molecule has 0 spiro atoms. The standard InChI is InChI=1S/C11H7N3O3/c15-11(12-9-5-6-16-13-9)10-7-3-1-2-4-8(7)17-14-10/h1-6H,(H,12,13,15). The molecule has 17 heavy (non-hydrogen) atoms. The van der Waals surface area contributed by atoms with Gasteiger partial charge in [-0.25, -0.2) is 0 Å². The van der Waals surface area contributed by atoms with Crippen LogP contribution < -0.4 is 5.32 Å². The Bertz CT molecular complexity index is 657. The molecule has 3 rings (SSSR count). The zero-order valence-electron chi connectivity index (χ0n) is 8.58. The number of nitrogens with one attached hydrogen (secondary N) is 1. The third-order valence-electron chi connectivity index (χ3n) is 2.27. The minimum absolute atomic E-state index is 0.226. The Hall–Kier alpha value is -2.63. The Labute approximate surface area is 95.2 Å². The molecule has 6 heteroatoms. The summed E-state index contributed by atoms with van der Waals surface area (Å²) >= 11 is 0. The summed E-state index contributed by atoms with van der Waals surface area (Å²) in [5, 5.41) is 10.5. The van der Waals surface area contributed by atoms with E-state index in [0.29, 0.717) is 16.8 Å². The molecular formula is C11H7N3O3. The van der Waals surface area contributed by atoms with Crippen molar-refractivity contribution < 1.29 is 13.8 Å². The van der Waals surface area contributed by atoms with Crippen LogP contribution in [-0.4, -0.2) is 16.2 Å². The molecule has 0 unspecified atom stereocenters. The topological polar surface area (TPSA) is 81.2 Å². The summed E-state index contributed by atoms with van der Waals surface area (Å²) in [6.45, 7) is 0. The van der Waals surface area contributed by atoms with Gasteiger partial charge in [0.15, 0.2) is 17.1 Å². The molecule has 3 aromatic rings. The molecule has 0 atom stereocenters. The van der Waals surface area contributed by atoms with E-state index in [9.17, 15) is 4.79 Å². The maximum absolute atomic E-state index is 11.9. The van der Waals surface area contributed by atoms with Crippen LogP contribution >= 0.6 is 0 Å². The van der Waals surface area contributed by atoms with Gasteiger partial charge in [-0.1, -0.05) is 22.4 Å². The minimum atomic E-state index is -0.385. The van der Waals surface area contributed by atoms with Crippen molar-refractivity contribution in [2.24, 2.45) is 0 Å². The number of amides is 1. The van der Waals surface area contributed by atoms with Gasteiger partial charge in [0.2, 0.25) is 0 Å². The van der Waals surface area contributed by atoms with Gasteiger partial charge < -0.3 is 14.4 Å². The highest BCUT2D eigenvalue weighted by Gasteiger charge is 2.16. The second-order valence-electron chi connectivity index (χ2n) is 3.37. The Balaban J connectivity index is 1.96. The molecule has 0 saturated heterocycles. The molecule has 0 aliphatic heterocycles. The lowest BCUT2D eigenvalue weighted by atomic mass is 10.2. The highest BCUT2D eigenvalue weighted by atomic mass is 16.5. The van der Waals surface area contributed by atoms with E-state index >= 15 is 0 Å². The van der Waals surface area contributed by atoms with Crippen LogP contribution in [0.2, 0.25) is 0 Å². The second kappa shape index (κ2) is 3.75. The molecule has 0 saturated carbocycles. The molecule has 1 N–H and O–H groups in total. The smallest absolute Gasteiger partial charge is 0.279 e. The fraction of sp³-hybridized carbons (Fsp3) is 0. The van der Waals surface area contributed by atoms with Crippen LogP contribution in [0.5, 0.6) is 0 Å². The fourth-order valence-corrected chi connectivity index (χ4v) is 1.50. The first-order chi connectivity index (χ1) is 8.34. The quantitative estimate of drug-likeness (QED) is 0.727. The third kappa shape index (κ3) is 1.65. The van der Waals surface area contributed by atoms with Crippen molar-refractivity contribution in [2.45, 2.75) is 0 Å². The Kier molecular flexibility index (Phi) is 2.11. The summed E-state index contributed by atoms with van der Waals surface area (Å²) in [4.78, 5) is 11.9. The third-order valence-corrected chi connectivity index (χ3v) is 2.27. The van der Waals surface area contributed by atoms with Crippen LogP contribution in [-0.2, 0) is 0 Å². The predicted octanol–water partition coefficient (Wildman–Crippen LogP) is 2.07. The first-order valence-electron chi connectivity index (χ1n) is 4.91. The SMILES string of the molecule is O=C(Nc1ccon1)c1noc2ccccc12. The number of aromatic nitrogens is 2. The zero-order chi connectivity index (χ0) is 11.7. The minimum Gasteiger partial charge on any atom is -0.363 e. The first kappa shape index (κ1) is 9.59. The van der Waals surface area contributed by atoms with Crippen molar-refractivity contribution in [1.29, 1.82) is 0 Å². The van der Waals surface area contributed by atoms with Crippen LogP contribution in [0.15, 0.2) is 45.6 Å². The number of para-hydroxylation sites is 1. The van der Waals surface area contributed by atoms with Crippen LogP contribution in [0.4, 0.5) is 5.82 Å². The van der Waals surface area contributed by atoms with Crippen LogP contribution in [0, 0.1) is 0 Å². The van der Waals surface area contributed by atoms with Gasteiger partial charge in [0.1, 0.15) is 6.26 Å². The van der Waals surface area contributed by atoms with E-state index in [0.717, 1.165) is 0 Å². The zero-order valence-corrected chi connectivity index (χ0v) is 8.58. The van der Waals surface area contributed by atoms with Crippen molar-refractivity contribution in [1.82, 2.24) is 10.3 Å². The van der Waals surface area contributed by atoms with E-state index in [1.165, 1.54) is 6.26 Å². The first-order valence-corrected chi connectivity index (χ1v) is 4.91. The van der Waals surface area contributed by atoms with Crippen molar-refractivity contribution in [3.63, 3.8) is 0 Å². The lowest BCUT2D eigenvalue weighted by Crippen LogP contribution is -2.12. The molecule has 84 valence electrons. The lowest BCUT2D eigenvalue weighted by Gasteiger charge is -1.96. The van der Waals surface area contributed by atoms with Gasteiger partial charge in [0.05, 0.1) is 5.39 Å². The molecule has 0 aliphatic rings. The van der Waals surface area contributed by atoms with Gasteiger partial charge in [0.25, 0.3) is 5.91 Å². The molecule has 1 aromatic carbocycles. The molecule has 2 aromatic heterocycles. The Morgan fingerprint density at radius 2 is 2.06 bits per heavy atom. The average Bonchev–Trinajstić information content (AvgIpc) is 2.96. The van der Waals surface area contributed by atoms with Crippen molar-refractivity contribution in [2.75, 3.05) is 5.32 Å². The highest BCUT2D eigenvalue weighted by molar-refractivity contribution is 6.10. The highest BCUT2D eigenvalue weighted by Crippen LogP contribution is 2.18. The number of hydrogen-bond donors (Lipinski definition) is 1. The summed E-state index contributed by atoms with van der Waals surface area (Å²) in [6, 6.07) is 8.68. The van der Waals surface area contributed by atoms with Gasteiger partial charge in [-0.2, -0.15) is 0 Å². The van der Waals surface area contributed by atoms with E-state index in [1.54, 1.807) is 18.2 Å². The normalized spacial score (nSPS) is 10.6. The van der Waals surface area contributed by atoms with E-state index in [4.69, 9.17) is 4.52 Å². The van der Waals surface area contributed by atoms with E-state index in [2.05, 4.69) is 20.2 Å². The van der Waals surface area contributed by atoms with E-state index < -0.39 is 0 Å². The fourth-order valence-electron chi connectivity index (χ4n) is 1.50. The summed E-state index contributed by atoms with van der Waals surface area (Å²) < 4.78 is 9.65. The van der Waals surface area contributed by atoms with Gasteiger partial charge in [-0.05, 0) is 12.1 Å². The lowest BCUT2D eigenvalue weighted by molar-refractivity contribution is 0.101. The number of rotatable bonds is 2. The summed E-state index contributed by atoms with van der Waals surface area (Å²) in [7, 11) is 0. The van der Waals surface area contributed by atoms with Gasteiger partial charge in [0, 0.05) is 6.07 Å². The molecule has 0 aliphatic carbocycles. The summed E-state index contributed by atoms with van der Waals surface area (Å²) in [6.07, 6.45) is 1.37. The monoisotopic (exact) mass is 229 g/mol. The Morgan fingerprint density at radius 3 is 2.88 bits per heavy atom. The molecule has 0 fully saturated rings. The molecule has 0 radical (unpaired) electrons. The van der Waals surface area contributed by atoms with Crippen LogP contribution in [0.1, 0.15) is 10.5 Å². The van der Waals surface area contributed by atoms with Gasteiger partial charge in [-0.15, -0.1) is 0 Å². The predicted molar refractivity (Wildman–Crippen MR) is 58.5 cm³/mol. The number of fused-ring (bicyclic) bond motifs is 1. The van der Waals surface area contributed by atoms with Crippen LogP contribution in [0.3, 0.4) is 0 Å². The molecule has 0 bridgehead atoms. The average molecular weight is 229 g/mol. The number of benzene rings is 1. The van der Waals surface area contributed by atoms with Crippen molar-refractivity contribution in [3.05, 3.63) is 42.3 Å². The van der Waals surface area contributed by atoms with Crippen LogP contribution in [0.25, 0.3) is 11.0 Å². The second-order valence-corrected chi connectivity index (χ2v) is 3.37. The van der Waals surface area contributed by atoms with Crippen molar-refractivity contribution >= 4 is 22.7 Å².